The van der Waals surface area contributed by atoms with E-state index in [0.29, 0.717) is 18.7 Å². The maximum atomic E-state index is 13.1. The molecule has 1 unspecified atom stereocenters. The highest BCUT2D eigenvalue weighted by atomic mass is 32.2. The molecule has 3 heterocycles. The molecular formula is C22H24N4O4S2. The Morgan fingerprint density at radius 1 is 1.12 bits per heavy atom. The lowest BCUT2D eigenvalue weighted by Crippen LogP contribution is -2.40. The van der Waals surface area contributed by atoms with Gasteiger partial charge in [0.2, 0.25) is 10.0 Å². The Labute approximate surface area is 191 Å². The fourth-order valence-corrected chi connectivity index (χ4v) is 5.46. The zero-order valence-corrected chi connectivity index (χ0v) is 19.3. The number of sulfonamides is 1. The van der Waals surface area contributed by atoms with Crippen LogP contribution in [0.5, 0.6) is 5.75 Å². The molecule has 168 valence electrons. The molecule has 0 saturated carbocycles. The monoisotopic (exact) mass is 472 g/mol. The third kappa shape index (κ3) is 5.32. The van der Waals surface area contributed by atoms with E-state index in [1.807, 2.05) is 35.7 Å². The molecule has 1 aliphatic heterocycles. The smallest absolute Gasteiger partial charge is 0.261 e. The number of aromatic nitrogens is 2. The van der Waals surface area contributed by atoms with Gasteiger partial charge in [-0.2, -0.15) is 0 Å². The number of amides is 1. The van der Waals surface area contributed by atoms with Gasteiger partial charge in [-0.25, -0.2) is 17.7 Å². The lowest BCUT2D eigenvalue weighted by Gasteiger charge is -2.28. The quantitative estimate of drug-likeness (QED) is 0.548. The Balaban J connectivity index is 1.57. The maximum absolute atomic E-state index is 13.1. The van der Waals surface area contributed by atoms with Crippen molar-refractivity contribution in [3.8, 4) is 17.0 Å². The van der Waals surface area contributed by atoms with Gasteiger partial charge in [0, 0.05) is 43.0 Å². The molecule has 32 heavy (non-hydrogen) atoms. The van der Waals surface area contributed by atoms with E-state index in [9.17, 15) is 13.2 Å². The van der Waals surface area contributed by atoms with Crippen LogP contribution < -0.4 is 4.74 Å². The van der Waals surface area contributed by atoms with Crippen LogP contribution in [0.2, 0.25) is 0 Å². The number of nitrogens with zero attached hydrogens (tertiary/aromatic N) is 4. The van der Waals surface area contributed by atoms with Crippen LogP contribution >= 0.6 is 11.3 Å². The molecule has 1 fully saturated rings. The molecule has 1 atom stereocenters. The summed E-state index contributed by atoms with van der Waals surface area (Å²) in [7, 11) is -3.36. The van der Waals surface area contributed by atoms with Crippen LogP contribution in [0.4, 0.5) is 0 Å². The van der Waals surface area contributed by atoms with E-state index in [4.69, 9.17) is 9.72 Å². The standard InChI is InChI=1S/C22H24N4O4S2/c1-32(28,29)25-12-9-20(22-24-19(16-31-22)17-7-10-23-11-8-17)26(14-13-25)21(27)15-30-18-5-3-2-4-6-18/h2-8,10-11,16,20H,9,12-15H2,1H3. The van der Waals surface area contributed by atoms with Gasteiger partial charge >= 0.3 is 0 Å². The van der Waals surface area contributed by atoms with Crippen LogP contribution in [-0.2, 0) is 14.8 Å². The zero-order valence-electron chi connectivity index (χ0n) is 17.6. The van der Waals surface area contributed by atoms with E-state index < -0.39 is 10.0 Å². The first-order chi connectivity index (χ1) is 15.4. The van der Waals surface area contributed by atoms with Crippen molar-refractivity contribution in [2.75, 3.05) is 32.5 Å². The van der Waals surface area contributed by atoms with Crippen molar-refractivity contribution in [1.29, 1.82) is 0 Å². The van der Waals surface area contributed by atoms with E-state index in [-0.39, 0.29) is 31.6 Å². The van der Waals surface area contributed by atoms with Crippen molar-refractivity contribution in [2.24, 2.45) is 0 Å². The number of thiazole rings is 1. The summed E-state index contributed by atoms with van der Waals surface area (Å²) in [4.78, 5) is 23.7. The number of hydrogen-bond acceptors (Lipinski definition) is 7. The first-order valence-electron chi connectivity index (χ1n) is 10.2. The molecule has 0 aliphatic carbocycles. The highest BCUT2D eigenvalue weighted by molar-refractivity contribution is 7.88. The number of pyridine rings is 1. The number of ether oxygens (including phenoxy) is 1. The SMILES string of the molecule is CS(=O)(=O)N1CCC(c2nc(-c3ccncc3)cs2)N(C(=O)COc2ccccc2)CC1. The van der Waals surface area contributed by atoms with E-state index >= 15 is 0 Å². The first-order valence-corrected chi connectivity index (χ1v) is 12.9. The molecule has 8 nitrogen and oxygen atoms in total. The molecule has 2 aromatic heterocycles. The van der Waals surface area contributed by atoms with Gasteiger partial charge < -0.3 is 9.64 Å². The molecule has 1 saturated heterocycles. The van der Waals surface area contributed by atoms with Gasteiger partial charge in [-0.15, -0.1) is 11.3 Å². The largest absolute Gasteiger partial charge is 0.484 e. The summed E-state index contributed by atoms with van der Waals surface area (Å²) >= 11 is 1.47. The summed E-state index contributed by atoms with van der Waals surface area (Å²) in [6.07, 6.45) is 5.08. The number of hydrogen-bond donors (Lipinski definition) is 0. The average molecular weight is 473 g/mol. The molecule has 0 radical (unpaired) electrons. The number of carbonyl (C=O) groups is 1. The van der Waals surface area contributed by atoms with E-state index in [1.54, 1.807) is 29.4 Å². The first kappa shape index (κ1) is 22.4. The lowest BCUT2D eigenvalue weighted by atomic mass is 10.1. The summed E-state index contributed by atoms with van der Waals surface area (Å²) in [6.45, 7) is 0.729. The van der Waals surface area contributed by atoms with E-state index in [1.165, 1.54) is 21.9 Å². The molecule has 1 aliphatic rings. The lowest BCUT2D eigenvalue weighted by molar-refractivity contribution is -0.135. The van der Waals surface area contributed by atoms with Gasteiger partial charge in [-0.05, 0) is 30.7 Å². The molecule has 4 rings (SSSR count). The Morgan fingerprint density at radius 2 is 1.88 bits per heavy atom. The molecule has 10 heteroatoms. The van der Waals surface area contributed by atoms with Crippen molar-refractivity contribution in [2.45, 2.75) is 12.5 Å². The molecule has 0 spiro atoms. The topological polar surface area (TPSA) is 92.7 Å². The van der Waals surface area contributed by atoms with Crippen molar-refractivity contribution in [3.05, 3.63) is 65.2 Å². The summed E-state index contributed by atoms with van der Waals surface area (Å²) in [6, 6.07) is 12.6. The maximum Gasteiger partial charge on any atom is 0.261 e. The predicted octanol–water partition coefficient (Wildman–Crippen LogP) is 2.82. The fourth-order valence-electron chi connectivity index (χ4n) is 3.64. The van der Waals surface area contributed by atoms with Gasteiger partial charge in [-0.1, -0.05) is 18.2 Å². The van der Waals surface area contributed by atoms with E-state index in [2.05, 4.69) is 4.98 Å². The minimum Gasteiger partial charge on any atom is -0.484 e. The van der Waals surface area contributed by atoms with Crippen LogP contribution in [-0.4, -0.2) is 66.0 Å². The highest BCUT2D eigenvalue weighted by Crippen LogP contribution is 2.32. The molecule has 0 bridgehead atoms. The Morgan fingerprint density at radius 3 is 2.59 bits per heavy atom. The van der Waals surface area contributed by atoms with Crippen LogP contribution in [0.3, 0.4) is 0 Å². The van der Waals surface area contributed by atoms with Crippen molar-refractivity contribution in [1.82, 2.24) is 19.2 Å². The summed E-state index contributed by atoms with van der Waals surface area (Å²) in [5, 5.41) is 2.73. The predicted molar refractivity (Wildman–Crippen MR) is 123 cm³/mol. The summed E-state index contributed by atoms with van der Waals surface area (Å²) < 4.78 is 31.4. The van der Waals surface area contributed by atoms with Gasteiger partial charge in [0.25, 0.3) is 5.91 Å². The molecule has 3 aromatic rings. The molecular weight excluding hydrogens is 448 g/mol. The highest BCUT2D eigenvalue weighted by Gasteiger charge is 2.33. The van der Waals surface area contributed by atoms with E-state index in [0.717, 1.165) is 16.3 Å². The van der Waals surface area contributed by atoms with Gasteiger partial charge in [0.1, 0.15) is 10.8 Å². The Hall–Kier alpha value is -2.82. The van der Waals surface area contributed by atoms with Gasteiger partial charge in [0.15, 0.2) is 6.61 Å². The number of carbonyl (C=O) groups excluding carboxylic acids is 1. The minimum absolute atomic E-state index is 0.123. The van der Waals surface area contributed by atoms with Crippen LogP contribution in [0.1, 0.15) is 17.5 Å². The van der Waals surface area contributed by atoms with Crippen LogP contribution in [0.15, 0.2) is 60.2 Å². The van der Waals surface area contributed by atoms with Crippen molar-refractivity contribution in [3.63, 3.8) is 0 Å². The summed E-state index contributed by atoms with van der Waals surface area (Å²) in [5.74, 6) is 0.411. The summed E-state index contributed by atoms with van der Waals surface area (Å²) in [5.41, 5.74) is 1.75. The minimum atomic E-state index is -3.36. The molecule has 1 aromatic carbocycles. The zero-order chi connectivity index (χ0) is 22.6. The Kier molecular flexibility index (Phi) is 6.83. The van der Waals surface area contributed by atoms with Crippen LogP contribution in [0, 0.1) is 0 Å². The molecule has 0 N–H and O–H groups in total. The second kappa shape index (κ2) is 9.76. The number of benzene rings is 1. The van der Waals surface area contributed by atoms with Crippen molar-refractivity contribution >= 4 is 27.3 Å². The van der Waals surface area contributed by atoms with Crippen LogP contribution in [0.25, 0.3) is 11.3 Å². The average Bonchev–Trinajstić information content (AvgIpc) is 3.17. The third-order valence-electron chi connectivity index (χ3n) is 5.30. The Bertz CT molecular complexity index is 1150. The van der Waals surface area contributed by atoms with Gasteiger partial charge in [-0.3, -0.25) is 9.78 Å². The third-order valence-corrected chi connectivity index (χ3v) is 7.55. The number of rotatable bonds is 6. The molecule has 1 amide bonds. The second-order valence-corrected chi connectivity index (χ2v) is 10.3. The normalized spacial score (nSPS) is 17.7. The fraction of sp³-hybridized carbons (Fsp3) is 0.318. The second-order valence-electron chi connectivity index (χ2n) is 7.46. The number of para-hydroxylation sites is 1. The van der Waals surface area contributed by atoms with Gasteiger partial charge in [0.05, 0.1) is 18.0 Å². The van der Waals surface area contributed by atoms with Crippen molar-refractivity contribution < 1.29 is 17.9 Å².